The van der Waals surface area contributed by atoms with Crippen molar-refractivity contribution in [2.45, 2.75) is 6.54 Å². The molecule has 0 atom stereocenters. The molecule has 0 saturated heterocycles. The Bertz CT molecular complexity index is 935. The van der Waals surface area contributed by atoms with Crippen LogP contribution in [-0.2, 0) is 6.54 Å². The molecule has 2 N–H and O–H groups in total. The Hall–Kier alpha value is -2.16. The van der Waals surface area contributed by atoms with E-state index >= 15 is 0 Å². The minimum atomic E-state index is 0.302. The fourth-order valence-electron chi connectivity index (χ4n) is 2.15. The zero-order valence-corrected chi connectivity index (χ0v) is 16.8. The summed E-state index contributed by atoms with van der Waals surface area (Å²) in [5, 5.41) is 10.9. The van der Waals surface area contributed by atoms with Crippen molar-refractivity contribution in [1.29, 1.82) is 0 Å². The van der Waals surface area contributed by atoms with Gasteiger partial charge in [-0.15, -0.1) is 0 Å². The number of methoxy groups -OCH3 is 1. The molecule has 9 heteroatoms. The molecule has 1 aromatic heterocycles. The van der Waals surface area contributed by atoms with Crippen LogP contribution in [0.25, 0.3) is 11.4 Å². The number of halogens is 2. The van der Waals surface area contributed by atoms with E-state index < -0.39 is 0 Å². The van der Waals surface area contributed by atoms with Crippen molar-refractivity contribution >= 4 is 50.5 Å². The Morgan fingerprint density at radius 3 is 2.88 bits per heavy atom. The molecular formula is C17H14BrClN4O2S. The molecule has 0 aliphatic heterocycles. The molecule has 2 aromatic carbocycles. The third kappa shape index (κ3) is 4.72. The lowest BCUT2D eigenvalue weighted by Crippen LogP contribution is -2.28. The average molecular weight is 454 g/mol. The van der Waals surface area contributed by atoms with Crippen molar-refractivity contribution in [3.8, 4) is 17.1 Å². The number of hydrogen-bond donors (Lipinski definition) is 2. The highest BCUT2D eigenvalue weighted by atomic mass is 79.9. The molecule has 0 spiro atoms. The van der Waals surface area contributed by atoms with Gasteiger partial charge in [0.15, 0.2) is 5.11 Å². The van der Waals surface area contributed by atoms with Crippen molar-refractivity contribution in [3.63, 3.8) is 0 Å². The maximum atomic E-state index is 6.09. The van der Waals surface area contributed by atoms with Gasteiger partial charge in [-0.2, -0.15) is 4.98 Å². The van der Waals surface area contributed by atoms with Gasteiger partial charge in [-0.3, -0.25) is 0 Å². The van der Waals surface area contributed by atoms with Gasteiger partial charge in [0, 0.05) is 15.7 Å². The summed E-state index contributed by atoms with van der Waals surface area (Å²) in [6, 6.07) is 13.0. The van der Waals surface area contributed by atoms with E-state index in [2.05, 4.69) is 36.7 Å². The monoisotopic (exact) mass is 452 g/mol. The van der Waals surface area contributed by atoms with E-state index in [4.69, 9.17) is 33.1 Å². The number of ether oxygens (including phenoxy) is 1. The highest BCUT2D eigenvalue weighted by molar-refractivity contribution is 9.10. The number of nitrogens with zero attached hydrogens (tertiary/aromatic N) is 2. The molecule has 0 saturated carbocycles. The van der Waals surface area contributed by atoms with E-state index in [0.717, 1.165) is 15.7 Å². The SMILES string of the molecule is COc1ccc(NC(=S)NCc2nc(-c3cccc(Br)c3)no2)cc1Cl. The van der Waals surface area contributed by atoms with Gasteiger partial charge in [-0.1, -0.05) is 44.8 Å². The van der Waals surface area contributed by atoms with Gasteiger partial charge in [0.2, 0.25) is 11.7 Å². The average Bonchev–Trinajstić information content (AvgIpc) is 3.09. The number of thiocarbonyl (C=S) groups is 1. The quantitative estimate of drug-likeness (QED) is 0.545. The van der Waals surface area contributed by atoms with Crippen LogP contribution in [-0.4, -0.2) is 22.4 Å². The maximum absolute atomic E-state index is 6.09. The summed E-state index contributed by atoms with van der Waals surface area (Å²) < 4.78 is 11.3. The predicted molar refractivity (Wildman–Crippen MR) is 108 cm³/mol. The first-order valence-electron chi connectivity index (χ1n) is 7.52. The predicted octanol–water partition coefficient (Wildman–Crippen LogP) is 4.65. The largest absolute Gasteiger partial charge is 0.495 e. The molecule has 6 nitrogen and oxygen atoms in total. The van der Waals surface area contributed by atoms with E-state index in [1.807, 2.05) is 30.3 Å². The van der Waals surface area contributed by atoms with Crippen molar-refractivity contribution in [2.24, 2.45) is 0 Å². The first-order chi connectivity index (χ1) is 12.5. The third-order valence-electron chi connectivity index (χ3n) is 3.36. The molecule has 0 amide bonds. The Morgan fingerprint density at radius 2 is 2.15 bits per heavy atom. The summed E-state index contributed by atoms with van der Waals surface area (Å²) in [6.07, 6.45) is 0. The zero-order chi connectivity index (χ0) is 18.5. The topological polar surface area (TPSA) is 72.2 Å². The Morgan fingerprint density at radius 1 is 1.31 bits per heavy atom. The van der Waals surface area contributed by atoms with Crippen molar-refractivity contribution in [3.05, 3.63) is 57.9 Å². The second-order valence-corrected chi connectivity index (χ2v) is 6.91. The van der Waals surface area contributed by atoms with Crippen molar-refractivity contribution < 1.29 is 9.26 Å². The maximum Gasteiger partial charge on any atom is 0.246 e. The standard InChI is InChI=1S/C17H14BrClN4O2S/c1-24-14-6-5-12(8-13(14)19)21-17(26)20-9-15-22-16(23-25-15)10-3-2-4-11(18)7-10/h2-8H,9H2,1H3,(H2,20,21,26). The second kappa shape index (κ2) is 8.48. The van der Waals surface area contributed by atoms with Crippen LogP contribution < -0.4 is 15.4 Å². The van der Waals surface area contributed by atoms with Crippen LogP contribution in [0.3, 0.4) is 0 Å². The van der Waals surface area contributed by atoms with Crippen LogP contribution in [0.2, 0.25) is 5.02 Å². The molecular weight excluding hydrogens is 440 g/mol. The second-order valence-electron chi connectivity index (χ2n) is 5.18. The van der Waals surface area contributed by atoms with Gasteiger partial charge in [0.1, 0.15) is 5.75 Å². The molecule has 0 bridgehead atoms. The molecule has 0 unspecified atom stereocenters. The minimum Gasteiger partial charge on any atom is -0.495 e. The van der Waals surface area contributed by atoms with Crippen molar-refractivity contribution in [1.82, 2.24) is 15.5 Å². The highest BCUT2D eigenvalue weighted by Gasteiger charge is 2.10. The molecule has 0 aliphatic rings. The van der Waals surface area contributed by atoms with Crippen LogP contribution in [0.5, 0.6) is 5.75 Å². The number of nitrogens with one attached hydrogen (secondary N) is 2. The van der Waals surface area contributed by atoms with Crippen LogP contribution in [0.15, 0.2) is 51.5 Å². The van der Waals surface area contributed by atoms with Gasteiger partial charge in [0.25, 0.3) is 0 Å². The molecule has 26 heavy (non-hydrogen) atoms. The summed E-state index contributed by atoms with van der Waals surface area (Å²) in [4.78, 5) is 4.35. The zero-order valence-electron chi connectivity index (χ0n) is 13.6. The molecule has 3 rings (SSSR count). The minimum absolute atomic E-state index is 0.302. The van der Waals surface area contributed by atoms with Gasteiger partial charge in [0.05, 0.1) is 18.7 Å². The Kier molecular flexibility index (Phi) is 6.08. The van der Waals surface area contributed by atoms with Gasteiger partial charge >= 0.3 is 0 Å². The van der Waals surface area contributed by atoms with Crippen LogP contribution in [0.1, 0.15) is 5.89 Å². The van der Waals surface area contributed by atoms with E-state index in [1.54, 1.807) is 19.2 Å². The summed E-state index contributed by atoms with van der Waals surface area (Å²) in [5.74, 6) is 1.54. The van der Waals surface area contributed by atoms with Crippen LogP contribution in [0.4, 0.5) is 5.69 Å². The lowest BCUT2D eigenvalue weighted by molar-refractivity contribution is 0.376. The Labute approximate surface area is 169 Å². The normalized spacial score (nSPS) is 10.4. The van der Waals surface area contributed by atoms with Gasteiger partial charge < -0.3 is 19.9 Å². The van der Waals surface area contributed by atoms with E-state index in [-0.39, 0.29) is 0 Å². The fourth-order valence-corrected chi connectivity index (χ4v) is 2.99. The summed E-state index contributed by atoms with van der Waals surface area (Å²) in [7, 11) is 1.56. The molecule has 1 heterocycles. The lowest BCUT2D eigenvalue weighted by Gasteiger charge is -2.10. The molecule has 0 radical (unpaired) electrons. The first kappa shape index (κ1) is 18.6. The van der Waals surface area contributed by atoms with Gasteiger partial charge in [-0.25, -0.2) is 0 Å². The summed E-state index contributed by atoms with van der Waals surface area (Å²) in [5.41, 5.74) is 1.61. The van der Waals surface area contributed by atoms with E-state index in [0.29, 0.717) is 34.1 Å². The number of rotatable bonds is 5. The third-order valence-corrected chi connectivity index (χ3v) is 4.40. The molecule has 3 aromatic rings. The number of anilines is 1. The summed E-state index contributed by atoms with van der Waals surface area (Å²) >= 11 is 14.8. The smallest absolute Gasteiger partial charge is 0.246 e. The van der Waals surface area contributed by atoms with Crippen LogP contribution in [0, 0.1) is 0 Å². The molecule has 0 aliphatic carbocycles. The van der Waals surface area contributed by atoms with Crippen LogP contribution >= 0.6 is 39.7 Å². The Balaban J connectivity index is 1.57. The number of benzene rings is 2. The summed E-state index contributed by atoms with van der Waals surface area (Å²) in [6.45, 7) is 0.302. The van der Waals surface area contributed by atoms with E-state index in [1.165, 1.54) is 0 Å². The first-order valence-corrected chi connectivity index (χ1v) is 9.10. The number of aromatic nitrogens is 2. The lowest BCUT2D eigenvalue weighted by atomic mass is 10.2. The molecule has 134 valence electrons. The number of hydrogen-bond acceptors (Lipinski definition) is 5. The highest BCUT2D eigenvalue weighted by Crippen LogP contribution is 2.27. The fraction of sp³-hybridized carbons (Fsp3) is 0.118. The van der Waals surface area contributed by atoms with Crippen molar-refractivity contribution in [2.75, 3.05) is 12.4 Å². The molecule has 0 fully saturated rings. The van der Waals surface area contributed by atoms with Gasteiger partial charge in [-0.05, 0) is 42.5 Å². The van der Waals surface area contributed by atoms with E-state index in [9.17, 15) is 0 Å².